The number of nitrogens with zero attached hydrogens (tertiary/aromatic N) is 1. The smallest absolute Gasteiger partial charge is 0.340 e. The van der Waals surface area contributed by atoms with Gasteiger partial charge in [0.25, 0.3) is 0 Å². The van der Waals surface area contributed by atoms with Crippen molar-refractivity contribution in [3.8, 4) is 0 Å². The van der Waals surface area contributed by atoms with Crippen molar-refractivity contribution in [3.05, 3.63) is 23.8 Å². The monoisotopic (exact) mass is 274 g/mol. The first-order chi connectivity index (χ1) is 9.72. The molecule has 0 radical (unpaired) electrons. The number of nitrogen functional groups attached to an aromatic ring is 1. The van der Waals surface area contributed by atoms with E-state index in [2.05, 4.69) is 4.90 Å². The highest BCUT2D eigenvalue weighted by molar-refractivity contribution is 5.99. The highest BCUT2D eigenvalue weighted by Crippen LogP contribution is 2.42. The molecule has 1 aromatic rings. The first-order valence-corrected chi connectivity index (χ1v) is 7.46. The summed E-state index contributed by atoms with van der Waals surface area (Å²) in [5, 5.41) is 0. The van der Waals surface area contributed by atoms with Gasteiger partial charge in [-0.3, -0.25) is 0 Å². The van der Waals surface area contributed by atoms with Crippen LogP contribution in [0.4, 0.5) is 11.4 Å². The Hall–Kier alpha value is -1.71. The van der Waals surface area contributed by atoms with E-state index >= 15 is 0 Å². The summed E-state index contributed by atoms with van der Waals surface area (Å²) in [5.41, 5.74) is 8.34. The molecule has 2 fully saturated rings. The maximum absolute atomic E-state index is 12.0. The first-order valence-electron chi connectivity index (χ1n) is 7.46. The second-order valence-electron chi connectivity index (χ2n) is 5.83. The second kappa shape index (κ2) is 5.35. The lowest BCUT2D eigenvalue weighted by Crippen LogP contribution is -2.43. The number of piperidine rings is 1. The van der Waals surface area contributed by atoms with Gasteiger partial charge < -0.3 is 15.4 Å². The minimum Gasteiger partial charge on any atom is -0.465 e. The van der Waals surface area contributed by atoms with E-state index in [1.807, 2.05) is 18.2 Å². The normalized spacial score (nSPS) is 25.4. The Balaban J connectivity index is 2.02. The van der Waals surface area contributed by atoms with Gasteiger partial charge in [0.2, 0.25) is 0 Å². The molecule has 2 unspecified atom stereocenters. The third kappa shape index (κ3) is 2.13. The van der Waals surface area contributed by atoms with Gasteiger partial charge in [0.15, 0.2) is 0 Å². The van der Waals surface area contributed by atoms with Gasteiger partial charge in [-0.2, -0.15) is 0 Å². The Labute approximate surface area is 119 Å². The highest BCUT2D eigenvalue weighted by atomic mass is 16.5. The van der Waals surface area contributed by atoms with Crippen molar-refractivity contribution in [1.82, 2.24) is 0 Å². The maximum atomic E-state index is 12.0. The summed E-state index contributed by atoms with van der Waals surface area (Å²) in [6.45, 7) is 0.985. The van der Waals surface area contributed by atoms with Crippen molar-refractivity contribution >= 4 is 17.3 Å². The summed E-state index contributed by atoms with van der Waals surface area (Å²) in [6, 6.07) is 6.05. The fourth-order valence-electron chi connectivity index (χ4n) is 3.89. The molecule has 1 heterocycles. The maximum Gasteiger partial charge on any atom is 0.340 e. The van der Waals surface area contributed by atoms with Gasteiger partial charge in [0.1, 0.15) is 0 Å². The van der Waals surface area contributed by atoms with Crippen LogP contribution in [0, 0.1) is 5.92 Å². The molecule has 108 valence electrons. The molecule has 0 spiro atoms. The van der Waals surface area contributed by atoms with Crippen molar-refractivity contribution in [1.29, 1.82) is 0 Å². The van der Waals surface area contributed by atoms with Crippen LogP contribution in [0.1, 0.15) is 42.5 Å². The van der Waals surface area contributed by atoms with Crippen molar-refractivity contribution < 1.29 is 9.53 Å². The van der Waals surface area contributed by atoms with E-state index in [1.165, 1.54) is 39.2 Å². The molecule has 0 bridgehead atoms. The van der Waals surface area contributed by atoms with Gasteiger partial charge in [-0.25, -0.2) is 4.79 Å². The molecule has 20 heavy (non-hydrogen) atoms. The molecule has 2 atom stereocenters. The largest absolute Gasteiger partial charge is 0.465 e. The van der Waals surface area contributed by atoms with E-state index in [0.717, 1.165) is 18.2 Å². The number of carbonyl (C=O) groups is 1. The molecule has 3 rings (SSSR count). The van der Waals surface area contributed by atoms with E-state index in [9.17, 15) is 4.79 Å². The Morgan fingerprint density at radius 1 is 1.30 bits per heavy atom. The zero-order chi connectivity index (χ0) is 14.1. The lowest BCUT2D eigenvalue weighted by atomic mass is 9.90. The third-order valence-electron chi connectivity index (χ3n) is 4.75. The number of rotatable bonds is 2. The molecule has 0 amide bonds. The Bertz CT molecular complexity index is 515. The second-order valence-corrected chi connectivity index (χ2v) is 5.83. The van der Waals surface area contributed by atoms with Crippen LogP contribution in [0.2, 0.25) is 0 Å². The number of hydrogen-bond acceptors (Lipinski definition) is 4. The number of methoxy groups -OCH3 is 1. The molecule has 1 aromatic carbocycles. The molecule has 0 aromatic heterocycles. The molecule has 1 saturated heterocycles. The predicted molar refractivity (Wildman–Crippen MR) is 79.9 cm³/mol. The lowest BCUT2D eigenvalue weighted by Gasteiger charge is -2.40. The Morgan fingerprint density at radius 3 is 2.90 bits per heavy atom. The summed E-state index contributed by atoms with van der Waals surface area (Å²) in [4.78, 5) is 14.4. The van der Waals surface area contributed by atoms with Gasteiger partial charge >= 0.3 is 5.97 Å². The van der Waals surface area contributed by atoms with Crippen molar-refractivity contribution in [2.45, 2.75) is 38.1 Å². The molecule has 4 nitrogen and oxygen atoms in total. The Kier molecular flexibility index (Phi) is 3.55. The van der Waals surface area contributed by atoms with Gasteiger partial charge in [0, 0.05) is 12.6 Å². The zero-order valence-electron chi connectivity index (χ0n) is 12.0. The molecule has 2 aliphatic rings. The number of hydrogen-bond donors (Lipinski definition) is 1. The fourth-order valence-corrected chi connectivity index (χ4v) is 3.89. The van der Waals surface area contributed by atoms with Crippen molar-refractivity contribution in [3.63, 3.8) is 0 Å². The minimum atomic E-state index is -0.299. The standard InChI is InChI=1S/C16H22N2O2/c1-20-16(19)12-7-3-8-13(17)15(12)18-10-4-6-11-5-2-9-14(11)18/h3,7-8,11,14H,2,4-6,9-10,17H2,1H3. The molecule has 4 heteroatoms. The van der Waals surface area contributed by atoms with Crippen LogP contribution in [-0.2, 0) is 4.74 Å². The van der Waals surface area contributed by atoms with E-state index < -0.39 is 0 Å². The highest BCUT2D eigenvalue weighted by Gasteiger charge is 2.37. The van der Waals surface area contributed by atoms with Gasteiger partial charge in [-0.1, -0.05) is 12.5 Å². The number of para-hydroxylation sites is 1. The average Bonchev–Trinajstić information content (AvgIpc) is 2.94. The van der Waals surface area contributed by atoms with E-state index in [-0.39, 0.29) is 5.97 Å². The zero-order valence-corrected chi connectivity index (χ0v) is 12.0. The number of anilines is 2. The number of esters is 1. The van der Waals surface area contributed by atoms with Crippen molar-refractivity contribution in [2.24, 2.45) is 5.92 Å². The summed E-state index contributed by atoms with van der Waals surface area (Å²) in [7, 11) is 1.42. The molecule has 2 N–H and O–H groups in total. The van der Waals surface area contributed by atoms with Crippen LogP contribution in [0.3, 0.4) is 0 Å². The number of benzene rings is 1. The fraction of sp³-hybridized carbons (Fsp3) is 0.562. The minimum absolute atomic E-state index is 0.299. The summed E-state index contributed by atoms with van der Waals surface area (Å²) >= 11 is 0. The number of fused-ring (bicyclic) bond motifs is 1. The SMILES string of the molecule is COC(=O)c1cccc(N)c1N1CCCC2CCCC21. The van der Waals surface area contributed by atoms with E-state index in [1.54, 1.807) is 0 Å². The molecular weight excluding hydrogens is 252 g/mol. The van der Waals surface area contributed by atoms with Gasteiger partial charge in [-0.15, -0.1) is 0 Å². The molecule has 1 saturated carbocycles. The number of nitrogens with two attached hydrogens (primary N) is 1. The summed E-state index contributed by atoms with van der Waals surface area (Å²) in [6.07, 6.45) is 6.28. The summed E-state index contributed by atoms with van der Waals surface area (Å²) < 4.78 is 4.91. The molecular formula is C16H22N2O2. The molecule has 1 aliphatic carbocycles. The third-order valence-corrected chi connectivity index (χ3v) is 4.75. The number of carbonyl (C=O) groups excluding carboxylic acids is 1. The van der Waals surface area contributed by atoms with Gasteiger partial charge in [-0.05, 0) is 43.7 Å². The lowest BCUT2D eigenvalue weighted by molar-refractivity contribution is 0.0601. The topological polar surface area (TPSA) is 55.6 Å². The van der Waals surface area contributed by atoms with Crippen LogP contribution >= 0.6 is 0 Å². The molecule has 1 aliphatic heterocycles. The van der Waals surface area contributed by atoms with Crippen LogP contribution in [-0.4, -0.2) is 25.7 Å². The summed E-state index contributed by atoms with van der Waals surface area (Å²) in [5.74, 6) is 0.460. The van der Waals surface area contributed by atoms with Crippen LogP contribution in [0.5, 0.6) is 0 Å². The average molecular weight is 274 g/mol. The van der Waals surface area contributed by atoms with E-state index in [0.29, 0.717) is 17.3 Å². The van der Waals surface area contributed by atoms with Crippen LogP contribution in [0.15, 0.2) is 18.2 Å². The van der Waals surface area contributed by atoms with Gasteiger partial charge in [0.05, 0.1) is 24.0 Å². The number of ether oxygens (including phenoxy) is 1. The van der Waals surface area contributed by atoms with Crippen molar-refractivity contribution in [2.75, 3.05) is 24.3 Å². The van der Waals surface area contributed by atoms with Crippen LogP contribution in [0.25, 0.3) is 0 Å². The first kappa shape index (κ1) is 13.3. The quantitative estimate of drug-likeness (QED) is 0.665. The van der Waals surface area contributed by atoms with E-state index in [4.69, 9.17) is 10.5 Å². The predicted octanol–water partition coefficient (Wildman–Crippen LogP) is 2.82. The van der Waals surface area contributed by atoms with Crippen LogP contribution < -0.4 is 10.6 Å². The Morgan fingerprint density at radius 2 is 2.10 bits per heavy atom.